The molecule has 21 heavy (non-hydrogen) atoms. The van der Waals surface area contributed by atoms with Crippen LogP contribution in [0.15, 0.2) is 42.6 Å². The van der Waals surface area contributed by atoms with Crippen molar-refractivity contribution in [2.75, 3.05) is 5.32 Å². The van der Waals surface area contributed by atoms with Crippen molar-refractivity contribution in [3.8, 4) is 11.8 Å². The van der Waals surface area contributed by atoms with Gasteiger partial charge in [0.1, 0.15) is 17.0 Å². The van der Waals surface area contributed by atoms with Gasteiger partial charge in [-0.2, -0.15) is 5.26 Å². The minimum absolute atomic E-state index is 0.410. The molecule has 1 aromatic carbocycles. The molecule has 0 amide bonds. The second-order valence-electron chi connectivity index (χ2n) is 4.51. The zero-order chi connectivity index (χ0) is 15.1. The smallest absolute Gasteiger partial charge is 0.184 e. The fourth-order valence-corrected chi connectivity index (χ4v) is 1.98. The third kappa shape index (κ3) is 4.66. The molecule has 4 nitrogen and oxygen atoms in total. The van der Waals surface area contributed by atoms with Gasteiger partial charge in [-0.15, -0.1) is 0 Å². The number of aromatic nitrogens is 1. The van der Waals surface area contributed by atoms with Crippen LogP contribution in [0.2, 0.25) is 5.15 Å². The van der Waals surface area contributed by atoms with Gasteiger partial charge in [-0.3, -0.25) is 0 Å². The number of anilines is 1. The molecule has 0 saturated carbocycles. The van der Waals surface area contributed by atoms with Gasteiger partial charge in [-0.05, 0) is 36.2 Å². The molecule has 0 bridgehead atoms. The number of hydrogen-bond donors (Lipinski definition) is 1. The van der Waals surface area contributed by atoms with E-state index in [1.54, 1.807) is 12.3 Å². The average Bonchev–Trinajstić information content (AvgIpc) is 2.51. The first-order valence-electron chi connectivity index (χ1n) is 6.72. The van der Waals surface area contributed by atoms with Crippen molar-refractivity contribution in [2.45, 2.75) is 26.0 Å². The molecule has 0 aliphatic rings. The number of nitrogens with one attached hydrogen (secondary N) is 1. The summed E-state index contributed by atoms with van der Waals surface area (Å²) in [6.45, 7) is 2.56. The fraction of sp³-hybridized carbons (Fsp3) is 0.250. The molecule has 0 fully saturated rings. The summed E-state index contributed by atoms with van der Waals surface area (Å²) in [4.78, 5) is 3.94. The summed E-state index contributed by atoms with van der Waals surface area (Å²) in [5.41, 5.74) is 1.97. The third-order valence-electron chi connectivity index (χ3n) is 2.91. The first-order valence-corrected chi connectivity index (χ1v) is 7.09. The Kier molecular flexibility index (Phi) is 5.42. The molecule has 0 spiro atoms. The maximum absolute atomic E-state index is 8.93. The van der Waals surface area contributed by atoms with Crippen LogP contribution in [0.5, 0.6) is 5.75 Å². The summed E-state index contributed by atoms with van der Waals surface area (Å²) in [6.07, 6.45) is 1.91. The highest BCUT2D eigenvalue weighted by atomic mass is 35.5. The predicted molar refractivity (Wildman–Crippen MR) is 83.3 cm³/mol. The van der Waals surface area contributed by atoms with Crippen molar-refractivity contribution in [1.82, 2.24) is 4.98 Å². The second-order valence-corrected chi connectivity index (χ2v) is 4.90. The molecule has 0 saturated heterocycles. The van der Waals surface area contributed by atoms with Gasteiger partial charge in [-0.1, -0.05) is 30.7 Å². The number of rotatable bonds is 6. The highest BCUT2D eigenvalue weighted by Gasteiger charge is 2.06. The zero-order valence-electron chi connectivity index (χ0n) is 11.7. The topological polar surface area (TPSA) is 57.9 Å². The maximum atomic E-state index is 8.93. The van der Waals surface area contributed by atoms with Crippen LogP contribution in [0.3, 0.4) is 0 Å². The van der Waals surface area contributed by atoms with Crippen molar-refractivity contribution >= 4 is 17.3 Å². The lowest BCUT2D eigenvalue weighted by molar-refractivity contribution is 0.251. The van der Waals surface area contributed by atoms with Crippen molar-refractivity contribution in [3.05, 3.63) is 53.3 Å². The molecule has 5 heteroatoms. The van der Waals surface area contributed by atoms with Crippen molar-refractivity contribution in [2.24, 2.45) is 0 Å². The number of nitriles is 1. The van der Waals surface area contributed by atoms with Gasteiger partial charge < -0.3 is 10.1 Å². The van der Waals surface area contributed by atoms with Gasteiger partial charge in [-0.25, -0.2) is 4.98 Å². The molecule has 2 aromatic rings. The SMILES string of the molecule is CCC(C#N)Oc1cccc(CNc2ccnc(Cl)c2)c1. The third-order valence-corrected chi connectivity index (χ3v) is 3.12. The molecule has 0 aliphatic carbocycles. The lowest BCUT2D eigenvalue weighted by Crippen LogP contribution is -2.12. The summed E-state index contributed by atoms with van der Waals surface area (Å²) in [6, 6.07) is 13.4. The highest BCUT2D eigenvalue weighted by molar-refractivity contribution is 6.29. The Morgan fingerprint density at radius 2 is 2.24 bits per heavy atom. The van der Waals surface area contributed by atoms with E-state index in [1.165, 1.54) is 0 Å². The highest BCUT2D eigenvalue weighted by Crippen LogP contribution is 2.18. The lowest BCUT2D eigenvalue weighted by Gasteiger charge is -2.12. The predicted octanol–water partition coefficient (Wildman–Crippen LogP) is 4.03. The van der Waals surface area contributed by atoms with Crippen LogP contribution in [0.1, 0.15) is 18.9 Å². The van der Waals surface area contributed by atoms with Gasteiger partial charge in [0, 0.05) is 18.4 Å². The van der Waals surface area contributed by atoms with Gasteiger partial charge >= 0.3 is 0 Å². The Balaban J connectivity index is 1.99. The van der Waals surface area contributed by atoms with E-state index in [1.807, 2.05) is 37.3 Å². The van der Waals surface area contributed by atoms with Crippen LogP contribution in [0.25, 0.3) is 0 Å². The largest absolute Gasteiger partial charge is 0.476 e. The molecule has 1 unspecified atom stereocenters. The average molecular weight is 302 g/mol. The monoisotopic (exact) mass is 301 g/mol. The summed E-state index contributed by atoms with van der Waals surface area (Å²) in [5, 5.41) is 12.6. The van der Waals surface area contributed by atoms with E-state index in [-0.39, 0.29) is 0 Å². The van der Waals surface area contributed by atoms with E-state index < -0.39 is 6.10 Å². The van der Waals surface area contributed by atoms with E-state index in [0.29, 0.717) is 23.9 Å². The van der Waals surface area contributed by atoms with Crippen molar-refractivity contribution in [3.63, 3.8) is 0 Å². The van der Waals surface area contributed by atoms with E-state index in [0.717, 1.165) is 11.3 Å². The van der Waals surface area contributed by atoms with Crippen LogP contribution in [-0.4, -0.2) is 11.1 Å². The van der Waals surface area contributed by atoms with Crippen molar-refractivity contribution < 1.29 is 4.74 Å². The first kappa shape index (κ1) is 15.1. The van der Waals surface area contributed by atoms with Gasteiger partial charge in [0.2, 0.25) is 0 Å². The summed E-state index contributed by atoms with van der Waals surface area (Å²) in [5.74, 6) is 0.704. The normalized spacial score (nSPS) is 11.5. The molecular weight excluding hydrogens is 286 g/mol. The Hall–Kier alpha value is -2.25. The zero-order valence-corrected chi connectivity index (χ0v) is 12.5. The quantitative estimate of drug-likeness (QED) is 0.818. The van der Waals surface area contributed by atoms with Gasteiger partial charge in [0.15, 0.2) is 6.10 Å². The lowest BCUT2D eigenvalue weighted by atomic mass is 10.2. The van der Waals surface area contributed by atoms with Crippen LogP contribution in [0.4, 0.5) is 5.69 Å². The molecule has 2 rings (SSSR count). The molecule has 1 heterocycles. The van der Waals surface area contributed by atoms with Gasteiger partial charge in [0.05, 0.1) is 0 Å². The van der Waals surface area contributed by atoms with Crippen LogP contribution >= 0.6 is 11.6 Å². The van der Waals surface area contributed by atoms with Crippen molar-refractivity contribution in [1.29, 1.82) is 5.26 Å². The first-order chi connectivity index (χ1) is 10.2. The molecular formula is C16H16ClN3O. The molecule has 1 N–H and O–H groups in total. The Bertz CT molecular complexity index is 639. The van der Waals surface area contributed by atoms with E-state index in [9.17, 15) is 0 Å². The standard InChI is InChI=1S/C16H16ClN3O/c1-2-14(10-18)21-15-5-3-4-12(8-15)11-20-13-6-7-19-16(17)9-13/h3-9,14H,2,11H2,1H3,(H,19,20). The number of ether oxygens (including phenoxy) is 1. The fourth-order valence-electron chi connectivity index (χ4n) is 1.81. The van der Waals surface area contributed by atoms with E-state index in [4.69, 9.17) is 21.6 Å². The number of halogens is 1. The Morgan fingerprint density at radius 3 is 2.95 bits per heavy atom. The van der Waals surface area contributed by atoms with Gasteiger partial charge in [0.25, 0.3) is 0 Å². The molecule has 0 aliphatic heterocycles. The van der Waals surface area contributed by atoms with Crippen LogP contribution < -0.4 is 10.1 Å². The molecule has 0 radical (unpaired) electrons. The van der Waals surface area contributed by atoms with E-state index in [2.05, 4.69) is 16.4 Å². The van der Waals surface area contributed by atoms with Crippen LogP contribution in [0, 0.1) is 11.3 Å². The van der Waals surface area contributed by atoms with Crippen LogP contribution in [-0.2, 0) is 6.54 Å². The summed E-state index contributed by atoms with van der Waals surface area (Å²) >= 11 is 5.84. The van der Waals surface area contributed by atoms with E-state index >= 15 is 0 Å². The second kappa shape index (κ2) is 7.51. The minimum atomic E-state index is -0.410. The number of nitrogens with zero attached hydrogens (tertiary/aromatic N) is 2. The molecule has 1 atom stereocenters. The summed E-state index contributed by atoms with van der Waals surface area (Å²) in [7, 11) is 0. The Morgan fingerprint density at radius 1 is 1.38 bits per heavy atom. The molecule has 1 aromatic heterocycles. The number of hydrogen-bond acceptors (Lipinski definition) is 4. The molecule has 108 valence electrons. The summed E-state index contributed by atoms with van der Waals surface area (Å²) < 4.78 is 5.60. The number of benzene rings is 1. The maximum Gasteiger partial charge on any atom is 0.184 e. The number of pyridine rings is 1. The minimum Gasteiger partial charge on any atom is -0.476 e. The Labute approximate surface area is 129 Å².